The maximum atomic E-state index is 13.7. The zero-order valence-electron chi connectivity index (χ0n) is 14.8. The van der Waals surface area contributed by atoms with Crippen LogP contribution in [0, 0.1) is 11.7 Å². The van der Waals surface area contributed by atoms with Crippen LogP contribution in [0.3, 0.4) is 0 Å². The summed E-state index contributed by atoms with van der Waals surface area (Å²) in [6, 6.07) is 8.31. The molecular weight excluding hydrogens is 383 g/mol. The molecule has 142 valence electrons. The number of halogens is 1. The maximum Gasteiger partial charge on any atom is 0.263 e. The van der Waals surface area contributed by atoms with Crippen LogP contribution in [0.2, 0.25) is 0 Å². The Morgan fingerprint density at radius 2 is 2.11 bits per heavy atom. The molecule has 2 atom stereocenters. The fraction of sp³-hybridized carbons (Fsp3) is 0.400. The minimum absolute atomic E-state index is 0.00369. The number of carbonyl (C=O) groups is 2. The van der Waals surface area contributed by atoms with Crippen molar-refractivity contribution in [2.75, 3.05) is 18.8 Å². The molecule has 0 aliphatic carbocycles. The van der Waals surface area contributed by atoms with Gasteiger partial charge in [0.15, 0.2) is 0 Å². The highest BCUT2D eigenvalue weighted by Crippen LogP contribution is 2.36. The largest absolute Gasteiger partial charge is 0.349 e. The van der Waals surface area contributed by atoms with Gasteiger partial charge in [-0.25, -0.2) is 4.39 Å². The van der Waals surface area contributed by atoms with E-state index in [2.05, 4.69) is 5.32 Å². The number of rotatable bonds is 3. The number of thiophene rings is 1. The van der Waals surface area contributed by atoms with E-state index in [9.17, 15) is 14.0 Å². The SMILES string of the molecule is O=C(N[C@H]1CCSc2ccc(F)cc21)[C@@H]1CCCN(C(=O)c2cccs2)C1. The van der Waals surface area contributed by atoms with Crippen molar-refractivity contribution in [3.05, 3.63) is 52.0 Å². The van der Waals surface area contributed by atoms with E-state index in [0.29, 0.717) is 18.0 Å². The summed E-state index contributed by atoms with van der Waals surface area (Å²) in [7, 11) is 0. The summed E-state index contributed by atoms with van der Waals surface area (Å²) >= 11 is 3.12. The molecular formula is C20H21FN2O2S2. The van der Waals surface area contributed by atoms with Gasteiger partial charge in [-0.05, 0) is 54.5 Å². The number of fused-ring (bicyclic) bond motifs is 1. The van der Waals surface area contributed by atoms with E-state index >= 15 is 0 Å². The van der Waals surface area contributed by atoms with Crippen LogP contribution in [0.15, 0.2) is 40.6 Å². The molecule has 1 fully saturated rings. The summed E-state index contributed by atoms with van der Waals surface area (Å²) in [4.78, 5) is 29.0. The second-order valence-corrected chi connectivity index (χ2v) is 9.03. The number of benzene rings is 1. The average molecular weight is 405 g/mol. The molecule has 27 heavy (non-hydrogen) atoms. The van der Waals surface area contributed by atoms with Crippen LogP contribution in [0.25, 0.3) is 0 Å². The molecule has 0 unspecified atom stereocenters. The quantitative estimate of drug-likeness (QED) is 0.838. The number of thioether (sulfide) groups is 1. The minimum atomic E-state index is -0.277. The van der Waals surface area contributed by atoms with Crippen molar-refractivity contribution < 1.29 is 14.0 Å². The van der Waals surface area contributed by atoms with Gasteiger partial charge in [-0.3, -0.25) is 9.59 Å². The molecule has 0 saturated carbocycles. The van der Waals surface area contributed by atoms with Gasteiger partial charge < -0.3 is 10.2 Å². The first-order valence-corrected chi connectivity index (χ1v) is 11.0. The van der Waals surface area contributed by atoms with Gasteiger partial charge in [-0.2, -0.15) is 0 Å². The number of nitrogens with one attached hydrogen (secondary N) is 1. The highest BCUT2D eigenvalue weighted by Gasteiger charge is 2.31. The van der Waals surface area contributed by atoms with Crippen LogP contribution in [0.4, 0.5) is 4.39 Å². The average Bonchev–Trinajstić information content (AvgIpc) is 3.23. The van der Waals surface area contributed by atoms with E-state index in [1.54, 1.807) is 22.7 Å². The topological polar surface area (TPSA) is 49.4 Å². The van der Waals surface area contributed by atoms with Gasteiger partial charge in [0.05, 0.1) is 16.8 Å². The van der Waals surface area contributed by atoms with Crippen LogP contribution in [-0.2, 0) is 4.79 Å². The van der Waals surface area contributed by atoms with Crippen molar-refractivity contribution >= 4 is 34.9 Å². The summed E-state index contributed by atoms with van der Waals surface area (Å²) in [5, 5.41) is 5.00. The molecule has 1 aromatic carbocycles. The van der Waals surface area contributed by atoms with Crippen molar-refractivity contribution in [2.45, 2.75) is 30.2 Å². The van der Waals surface area contributed by atoms with Gasteiger partial charge >= 0.3 is 0 Å². The molecule has 2 aliphatic heterocycles. The number of carbonyl (C=O) groups excluding carboxylic acids is 2. The molecule has 1 N–H and O–H groups in total. The van der Waals surface area contributed by atoms with E-state index in [-0.39, 0.29) is 29.6 Å². The number of amides is 2. The maximum absolute atomic E-state index is 13.7. The third-order valence-electron chi connectivity index (χ3n) is 5.14. The van der Waals surface area contributed by atoms with E-state index in [0.717, 1.165) is 35.5 Å². The monoisotopic (exact) mass is 404 g/mol. The highest BCUT2D eigenvalue weighted by molar-refractivity contribution is 7.99. The molecule has 2 aromatic rings. The van der Waals surface area contributed by atoms with Gasteiger partial charge in [0, 0.05) is 23.7 Å². The highest BCUT2D eigenvalue weighted by atomic mass is 32.2. The van der Waals surface area contributed by atoms with Crippen LogP contribution in [-0.4, -0.2) is 35.6 Å². The summed E-state index contributed by atoms with van der Waals surface area (Å²) < 4.78 is 13.7. The molecule has 4 rings (SSSR count). The van der Waals surface area contributed by atoms with Crippen molar-refractivity contribution in [3.63, 3.8) is 0 Å². The zero-order valence-corrected chi connectivity index (χ0v) is 16.5. The molecule has 0 bridgehead atoms. The summed E-state index contributed by atoms with van der Waals surface area (Å²) in [6.45, 7) is 1.13. The Balaban J connectivity index is 1.43. The minimum Gasteiger partial charge on any atom is -0.349 e. The van der Waals surface area contributed by atoms with Gasteiger partial charge in [0.2, 0.25) is 5.91 Å². The standard InChI is InChI=1S/C20H21FN2O2S2/c21-14-5-6-17-15(11-14)16(7-10-27-17)22-19(24)13-3-1-8-23(12-13)20(25)18-4-2-9-26-18/h2,4-6,9,11,13,16H,1,3,7-8,10,12H2,(H,22,24)/t13-,16+/m1/s1. The molecule has 3 heterocycles. The lowest BCUT2D eigenvalue weighted by Gasteiger charge is -2.33. The third kappa shape index (κ3) is 4.04. The van der Waals surface area contributed by atoms with E-state index in [1.807, 2.05) is 17.5 Å². The Labute approximate surface area is 166 Å². The van der Waals surface area contributed by atoms with Crippen molar-refractivity contribution in [2.24, 2.45) is 5.92 Å². The van der Waals surface area contributed by atoms with Crippen LogP contribution >= 0.6 is 23.1 Å². The van der Waals surface area contributed by atoms with Crippen LogP contribution < -0.4 is 5.32 Å². The lowest BCUT2D eigenvalue weighted by atomic mass is 9.95. The Hall–Kier alpha value is -1.86. The van der Waals surface area contributed by atoms with Gasteiger partial charge in [0.1, 0.15) is 5.82 Å². The zero-order chi connectivity index (χ0) is 18.8. The smallest absolute Gasteiger partial charge is 0.263 e. The van der Waals surface area contributed by atoms with E-state index in [4.69, 9.17) is 0 Å². The normalized spacial score (nSPS) is 22.2. The number of piperidine rings is 1. The van der Waals surface area contributed by atoms with Crippen molar-refractivity contribution in [3.8, 4) is 0 Å². The number of nitrogens with zero attached hydrogens (tertiary/aromatic N) is 1. The second kappa shape index (κ2) is 8.02. The molecule has 0 spiro atoms. The summed E-state index contributed by atoms with van der Waals surface area (Å²) in [6.07, 6.45) is 2.38. The Bertz CT molecular complexity index is 841. The summed E-state index contributed by atoms with van der Waals surface area (Å²) in [5.41, 5.74) is 0.863. The first kappa shape index (κ1) is 18.5. The predicted molar refractivity (Wildman–Crippen MR) is 106 cm³/mol. The van der Waals surface area contributed by atoms with Gasteiger partial charge in [-0.1, -0.05) is 6.07 Å². The summed E-state index contributed by atoms with van der Waals surface area (Å²) in [5.74, 6) is 0.377. The fourth-order valence-electron chi connectivity index (χ4n) is 3.74. The Kier molecular flexibility index (Phi) is 5.50. The number of hydrogen-bond acceptors (Lipinski definition) is 4. The number of likely N-dealkylation sites (tertiary alicyclic amines) is 1. The van der Waals surface area contributed by atoms with E-state index in [1.165, 1.54) is 23.5 Å². The Morgan fingerprint density at radius 3 is 2.93 bits per heavy atom. The van der Waals surface area contributed by atoms with E-state index < -0.39 is 0 Å². The molecule has 4 nitrogen and oxygen atoms in total. The molecule has 1 aromatic heterocycles. The second-order valence-electron chi connectivity index (χ2n) is 6.95. The molecule has 1 saturated heterocycles. The lowest BCUT2D eigenvalue weighted by Crippen LogP contribution is -2.46. The first-order valence-electron chi connectivity index (χ1n) is 9.17. The fourth-order valence-corrected chi connectivity index (χ4v) is 5.53. The van der Waals surface area contributed by atoms with Gasteiger partial charge in [-0.15, -0.1) is 23.1 Å². The first-order chi connectivity index (χ1) is 13.1. The molecule has 0 radical (unpaired) electrons. The van der Waals surface area contributed by atoms with Crippen LogP contribution in [0.1, 0.15) is 40.5 Å². The molecule has 2 amide bonds. The van der Waals surface area contributed by atoms with Gasteiger partial charge in [0.25, 0.3) is 5.91 Å². The lowest BCUT2D eigenvalue weighted by molar-refractivity contribution is -0.127. The van der Waals surface area contributed by atoms with Crippen molar-refractivity contribution in [1.29, 1.82) is 0 Å². The van der Waals surface area contributed by atoms with Crippen LogP contribution in [0.5, 0.6) is 0 Å². The predicted octanol–water partition coefficient (Wildman–Crippen LogP) is 4.09. The molecule has 7 heteroatoms. The number of hydrogen-bond donors (Lipinski definition) is 1. The Morgan fingerprint density at radius 1 is 1.22 bits per heavy atom. The third-order valence-corrected chi connectivity index (χ3v) is 7.12. The molecule has 2 aliphatic rings. The van der Waals surface area contributed by atoms with Crippen molar-refractivity contribution in [1.82, 2.24) is 10.2 Å².